The molecule has 2 fully saturated rings. The number of piperidine rings is 1. The highest BCUT2D eigenvalue weighted by Gasteiger charge is 2.36. The predicted octanol–water partition coefficient (Wildman–Crippen LogP) is 0.0508. The molecule has 0 spiro atoms. The van der Waals surface area contributed by atoms with Gasteiger partial charge in [0.25, 0.3) is 0 Å². The Bertz CT molecular complexity index is 675. The Morgan fingerprint density at radius 1 is 1.08 bits per heavy atom. The van der Waals surface area contributed by atoms with Gasteiger partial charge in [0.15, 0.2) is 0 Å². The molecule has 1 N–H and O–H groups in total. The molecule has 2 amide bonds. The van der Waals surface area contributed by atoms with E-state index in [1.54, 1.807) is 0 Å². The van der Waals surface area contributed by atoms with Crippen LogP contribution in [0.1, 0.15) is 17.7 Å². The van der Waals surface area contributed by atoms with Crippen LogP contribution >= 0.6 is 0 Å². The maximum atomic E-state index is 13.0. The van der Waals surface area contributed by atoms with Crippen molar-refractivity contribution in [3.8, 4) is 0 Å². The molecule has 2 saturated heterocycles. The zero-order chi connectivity index (χ0) is 17.9. The van der Waals surface area contributed by atoms with Crippen LogP contribution in [0.15, 0.2) is 18.3 Å². The van der Waals surface area contributed by atoms with Gasteiger partial charge in [0, 0.05) is 57.6 Å². The van der Waals surface area contributed by atoms with Gasteiger partial charge in [-0.15, -0.1) is 0 Å². The number of amides is 2. The van der Waals surface area contributed by atoms with Crippen LogP contribution in [-0.2, 0) is 27.3 Å². The number of fused-ring (bicyclic) bond motifs is 1. The van der Waals surface area contributed by atoms with Gasteiger partial charge < -0.3 is 19.9 Å². The number of nitrogens with one attached hydrogen (secondary N) is 1. The van der Waals surface area contributed by atoms with Crippen LogP contribution in [0.3, 0.4) is 0 Å². The van der Waals surface area contributed by atoms with E-state index in [0.29, 0.717) is 58.9 Å². The Morgan fingerprint density at radius 2 is 1.81 bits per heavy atom. The van der Waals surface area contributed by atoms with Gasteiger partial charge in [-0.2, -0.15) is 0 Å². The lowest BCUT2D eigenvalue weighted by molar-refractivity contribution is -0.143. The predicted molar refractivity (Wildman–Crippen MR) is 95.2 cm³/mol. The number of morpholine rings is 1. The summed E-state index contributed by atoms with van der Waals surface area (Å²) >= 11 is 0. The quantitative estimate of drug-likeness (QED) is 0.809. The third-order valence-corrected chi connectivity index (χ3v) is 5.65. The van der Waals surface area contributed by atoms with Crippen molar-refractivity contribution in [1.82, 2.24) is 20.1 Å². The second kappa shape index (κ2) is 7.72. The van der Waals surface area contributed by atoms with E-state index >= 15 is 0 Å². The summed E-state index contributed by atoms with van der Waals surface area (Å²) in [4.78, 5) is 34.0. The van der Waals surface area contributed by atoms with E-state index in [1.165, 1.54) is 0 Å². The Balaban J connectivity index is 1.38. The lowest BCUT2D eigenvalue weighted by atomic mass is 9.88. The smallest absolute Gasteiger partial charge is 0.227 e. The number of ether oxygens (including phenoxy) is 1. The molecule has 1 aromatic rings. The minimum Gasteiger partial charge on any atom is -0.378 e. The van der Waals surface area contributed by atoms with Crippen LogP contribution in [-0.4, -0.2) is 72.5 Å². The molecule has 140 valence electrons. The Hall–Kier alpha value is -1.99. The molecule has 4 rings (SSSR count). The first kappa shape index (κ1) is 17.4. The highest BCUT2D eigenvalue weighted by atomic mass is 16.5. The normalized spacial score (nSPS) is 26.3. The van der Waals surface area contributed by atoms with Crippen molar-refractivity contribution < 1.29 is 14.3 Å². The molecule has 4 heterocycles. The number of hydrogen-bond acceptors (Lipinski definition) is 5. The van der Waals surface area contributed by atoms with Crippen molar-refractivity contribution in [3.63, 3.8) is 0 Å². The molecule has 0 aliphatic carbocycles. The van der Waals surface area contributed by atoms with Gasteiger partial charge in [0.05, 0.1) is 25.0 Å². The molecular weight excluding hydrogens is 332 g/mol. The summed E-state index contributed by atoms with van der Waals surface area (Å²) in [6, 6.07) is 3.97. The number of hydrogen-bond donors (Lipinski definition) is 1. The average molecular weight is 358 g/mol. The summed E-state index contributed by atoms with van der Waals surface area (Å²) in [6.45, 7) is 5.18. The molecule has 7 nitrogen and oxygen atoms in total. The van der Waals surface area contributed by atoms with Gasteiger partial charge in [-0.25, -0.2) is 0 Å². The van der Waals surface area contributed by atoms with E-state index in [0.717, 1.165) is 17.7 Å². The van der Waals surface area contributed by atoms with Gasteiger partial charge in [-0.1, -0.05) is 6.07 Å². The topological polar surface area (TPSA) is 74.8 Å². The van der Waals surface area contributed by atoms with Gasteiger partial charge >= 0.3 is 0 Å². The Labute approximate surface area is 153 Å². The molecule has 0 saturated carbocycles. The molecule has 7 heteroatoms. The summed E-state index contributed by atoms with van der Waals surface area (Å²) < 4.78 is 5.33. The van der Waals surface area contributed by atoms with E-state index in [4.69, 9.17) is 4.74 Å². The molecule has 3 aliphatic rings. The molecule has 26 heavy (non-hydrogen) atoms. The minimum absolute atomic E-state index is 0.116. The maximum absolute atomic E-state index is 13.0. The Kier molecular flexibility index (Phi) is 5.17. The minimum atomic E-state index is -0.128. The van der Waals surface area contributed by atoms with Crippen molar-refractivity contribution >= 4 is 11.8 Å². The molecule has 0 unspecified atom stereocenters. The SMILES string of the molecule is O=C([C@@H]1CNC[C@H](C(=O)N2CCc3ncccc3C2)C1)N1CCOCC1. The van der Waals surface area contributed by atoms with Gasteiger partial charge in [-0.3, -0.25) is 14.6 Å². The lowest BCUT2D eigenvalue weighted by Gasteiger charge is -2.37. The first-order valence-electron chi connectivity index (χ1n) is 9.51. The molecular formula is C19H26N4O3. The van der Waals surface area contributed by atoms with Crippen molar-refractivity contribution in [3.05, 3.63) is 29.6 Å². The third kappa shape index (κ3) is 3.59. The highest BCUT2D eigenvalue weighted by molar-refractivity contribution is 5.83. The Morgan fingerprint density at radius 3 is 2.58 bits per heavy atom. The molecule has 0 bridgehead atoms. The first-order chi connectivity index (χ1) is 12.7. The van der Waals surface area contributed by atoms with E-state index in [2.05, 4.69) is 10.3 Å². The molecule has 3 aliphatic heterocycles. The second-order valence-corrected chi connectivity index (χ2v) is 7.34. The van der Waals surface area contributed by atoms with E-state index < -0.39 is 0 Å². The zero-order valence-electron chi connectivity index (χ0n) is 15.0. The van der Waals surface area contributed by atoms with Gasteiger partial charge in [0.1, 0.15) is 0 Å². The monoisotopic (exact) mass is 358 g/mol. The third-order valence-electron chi connectivity index (χ3n) is 5.65. The number of carbonyl (C=O) groups excluding carboxylic acids is 2. The van der Waals surface area contributed by atoms with Crippen molar-refractivity contribution in [1.29, 1.82) is 0 Å². The number of rotatable bonds is 2. The number of pyridine rings is 1. The van der Waals surface area contributed by atoms with Crippen LogP contribution in [0.4, 0.5) is 0 Å². The van der Waals surface area contributed by atoms with Gasteiger partial charge in [0.2, 0.25) is 11.8 Å². The summed E-state index contributed by atoms with van der Waals surface area (Å²) in [5.74, 6) is 0.0736. The first-order valence-corrected chi connectivity index (χ1v) is 9.51. The van der Waals surface area contributed by atoms with E-state index in [1.807, 2.05) is 28.1 Å². The fourth-order valence-electron chi connectivity index (χ4n) is 4.17. The van der Waals surface area contributed by atoms with Crippen molar-refractivity contribution in [2.45, 2.75) is 19.4 Å². The lowest BCUT2D eigenvalue weighted by Crippen LogP contribution is -2.52. The summed E-state index contributed by atoms with van der Waals surface area (Å²) in [5, 5.41) is 3.31. The van der Waals surface area contributed by atoms with Crippen molar-refractivity contribution in [2.75, 3.05) is 45.9 Å². The fraction of sp³-hybridized carbons (Fsp3) is 0.632. The number of aromatic nitrogens is 1. The molecule has 0 radical (unpaired) electrons. The van der Waals surface area contributed by atoms with Crippen LogP contribution < -0.4 is 5.32 Å². The summed E-state index contributed by atoms with van der Waals surface area (Å²) in [7, 11) is 0. The molecule has 0 aromatic carbocycles. The number of carbonyl (C=O) groups is 2. The zero-order valence-corrected chi connectivity index (χ0v) is 15.0. The van der Waals surface area contributed by atoms with Crippen LogP contribution in [0.5, 0.6) is 0 Å². The fourth-order valence-corrected chi connectivity index (χ4v) is 4.17. The van der Waals surface area contributed by atoms with E-state index in [-0.39, 0.29) is 23.7 Å². The van der Waals surface area contributed by atoms with Gasteiger partial charge in [-0.05, 0) is 18.1 Å². The van der Waals surface area contributed by atoms with Crippen LogP contribution in [0.2, 0.25) is 0 Å². The molecule has 2 atom stereocenters. The second-order valence-electron chi connectivity index (χ2n) is 7.34. The van der Waals surface area contributed by atoms with Crippen LogP contribution in [0.25, 0.3) is 0 Å². The average Bonchev–Trinajstić information content (AvgIpc) is 2.73. The highest BCUT2D eigenvalue weighted by Crippen LogP contribution is 2.24. The van der Waals surface area contributed by atoms with E-state index in [9.17, 15) is 9.59 Å². The maximum Gasteiger partial charge on any atom is 0.227 e. The van der Waals surface area contributed by atoms with Crippen LogP contribution in [0, 0.1) is 11.8 Å². The largest absolute Gasteiger partial charge is 0.378 e. The molecule has 1 aromatic heterocycles. The standard InChI is InChI=1S/C19H26N4O3/c24-18(22-6-8-26-9-7-22)15-10-16(12-20-11-15)19(25)23-5-3-17-14(13-23)2-1-4-21-17/h1-2,4,15-16,20H,3,5-13H2/t15-,16+/m0/s1. The number of nitrogens with zero attached hydrogens (tertiary/aromatic N) is 3. The summed E-state index contributed by atoms with van der Waals surface area (Å²) in [6.07, 6.45) is 3.25. The summed E-state index contributed by atoms with van der Waals surface area (Å²) in [5.41, 5.74) is 2.23. The van der Waals surface area contributed by atoms with Crippen molar-refractivity contribution in [2.24, 2.45) is 11.8 Å².